The van der Waals surface area contributed by atoms with Crippen molar-refractivity contribution in [1.29, 1.82) is 5.41 Å². The number of carbonyl (C=O) groups excluding carboxylic acids is 1. The van der Waals surface area contributed by atoms with Crippen LogP contribution in [0.1, 0.15) is 55.7 Å². The maximum atomic E-state index is 13.5. The number of aromatic amines is 1. The van der Waals surface area contributed by atoms with Crippen LogP contribution in [0.2, 0.25) is 5.02 Å². The van der Waals surface area contributed by atoms with Crippen LogP contribution in [0.3, 0.4) is 0 Å². The van der Waals surface area contributed by atoms with Crippen molar-refractivity contribution in [3.05, 3.63) is 87.9 Å². The van der Waals surface area contributed by atoms with Gasteiger partial charge >= 0.3 is 0 Å². The molecule has 2 aliphatic heterocycles. The maximum absolute atomic E-state index is 13.5. The summed E-state index contributed by atoms with van der Waals surface area (Å²) in [5.41, 5.74) is 6.51. The standard InChI is InChI=1S/C33H34ClN7O/c1-20-4-5-26(36-12-7-20)27-8-13-37-32(40-27)38-24-17-22-18-28(39-30(22)25(34)19-24)31(42)29(35)21-6-10-33(2)11-15-41(3)14-9-23(33)16-21/h5-8,12-13,16-19,35,39H,4,9-11,14-15H2,1-3H3,(H,37,38,40). The average molecular weight is 580 g/mol. The Balaban J connectivity index is 1.21. The summed E-state index contributed by atoms with van der Waals surface area (Å²) in [4.78, 5) is 32.5. The maximum Gasteiger partial charge on any atom is 0.227 e. The summed E-state index contributed by atoms with van der Waals surface area (Å²) in [6, 6.07) is 7.24. The second-order valence-corrected chi connectivity index (χ2v) is 12.1. The van der Waals surface area contributed by atoms with Gasteiger partial charge in [-0.15, -0.1) is 0 Å². The second kappa shape index (κ2) is 11.3. The number of allylic oxidation sites excluding steroid dienone is 6. The lowest BCUT2D eigenvalue weighted by Crippen LogP contribution is -2.25. The molecule has 0 spiro atoms. The molecule has 3 aromatic rings. The number of anilines is 2. The summed E-state index contributed by atoms with van der Waals surface area (Å²) in [7, 11) is 2.15. The molecule has 1 saturated heterocycles. The molecule has 9 heteroatoms. The van der Waals surface area contributed by atoms with E-state index in [1.54, 1.807) is 24.5 Å². The smallest absolute Gasteiger partial charge is 0.227 e. The lowest BCUT2D eigenvalue weighted by molar-refractivity contribution is 0.106. The van der Waals surface area contributed by atoms with Crippen LogP contribution < -0.4 is 5.32 Å². The number of Topliss-reactive ketones (excluding diaryl/α,β-unsaturated/α-hetero) is 1. The summed E-state index contributed by atoms with van der Waals surface area (Å²) < 4.78 is 0. The van der Waals surface area contributed by atoms with Gasteiger partial charge in [-0.05, 0) is 87.5 Å². The molecule has 3 aliphatic rings. The molecule has 42 heavy (non-hydrogen) atoms. The van der Waals surface area contributed by atoms with Crippen molar-refractivity contribution in [2.24, 2.45) is 10.4 Å². The number of aliphatic imine (C=N–C) groups is 1. The van der Waals surface area contributed by atoms with Gasteiger partial charge in [0.05, 0.1) is 27.6 Å². The van der Waals surface area contributed by atoms with Gasteiger partial charge in [0.1, 0.15) is 5.71 Å². The molecule has 0 saturated carbocycles. The summed E-state index contributed by atoms with van der Waals surface area (Å²) >= 11 is 6.64. The number of aromatic nitrogens is 3. The first-order chi connectivity index (χ1) is 20.2. The number of fused-ring (bicyclic) bond motifs is 2. The van der Waals surface area contributed by atoms with Crippen LogP contribution in [-0.4, -0.2) is 57.7 Å². The van der Waals surface area contributed by atoms with E-state index in [9.17, 15) is 4.79 Å². The molecule has 1 aromatic carbocycles. The Morgan fingerprint density at radius 3 is 2.93 bits per heavy atom. The van der Waals surface area contributed by atoms with Gasteiger partial charge in [-0.3, -0.25) is 15.2 Å². The van der Waals surface area contributed by atoms with Crippen molar-refractivity contribution in [3.8, 4) is 0 Å². The van der Waals surface area contributed by atoms with E-state index in [4.69, 9.17) is 17.0 Å². The van der Waals surface area contributed by atoms with Crippen molar-refractivity contribution >= 4 is 57.5 Å². The fourth-order valence-electron chi connectivity index (χ4n) is 5.70. The molecule has 1 aliphatic carbocycles. The third-order valence-electron chi connectivity index (χ3n) is 8.49. The number of likely N-dealkylation sites (tertiary alicyclic amines) is 1. The molecule has 6 rings (SSSR count). The molecule has 1 unspecified atom stereocenters. The Labute approximate surface area is 250 Å². The van der Waals surface area contributed by atoms with Crippen LogP contribution in [0.15, 0.2) is 76.5 Å². The molecule has 0 bridgehead atoms. The number of hydrogen-bond acceptors (Lipinski definition) is 7. The number of carbonyl (C=O) groups is 1. The van der Waals surface area contributed by atoms with E-state index >= 15 is 0 Å². The van der Waals surface area contributed by atoms with E-state index in [-0.39, 0.29) is 16.9 Å². The van der Waals surface area contributed by atoms with Gasteiger partial charge in [0, 0.05) is 30.0 Å². The van der Waals surface area contributed by atoms with Gasteiger partial charge in [-0.25, -0.2) is 9.97 Å². The SMILES string of the molecule is CC1=CC=NC(c2ccnc(Nc3cc(Cl)c4[nH]c(C(=O)C(=N)C5=CCC6(C)CCN(C)CCC6=C5)cc4c3)n2)=CC1. The van der Waals surface area contributed by atoms with Crippen molar-refractivity contribution in [3.63, 3.8) is 0 Å². The topological polar surface area (TPSA) is 110 Å². The molecule has 214 valence electrons. The molecule has 4 heterocycles. The van der Waals surface area contributed by atoms with Crippen LogP contribution in [0, 0.1) is 10.8 Å². The van der Waals surface area contributed by atoms with Crippen molar-refractivity contribution < 1.29 is 4.79 Å². The first-order valence-electron chi connectivity index (χ1n) is 14.2. The van der Waals surface area contributed by atoms with Gasteiger partial charge in [-0.2, -0.15) is 0 Å². The van der Waals surface area contributed by atoms with E-state index in [1.807, 2.05) is 24.3 Å². The van der Waals surface area contributed by atoms with Crippen molar-refractivity contribution in [2.75, 3.05) is 25.5 Å². The van der Waals surface area contributed by atoms with Gasteiger partial charge < -0.3 is 15.2 Å². The minimum Gasteiger partial charge on any atom is -0.351 e. The zero-order valence-electron chi connectivity index (χ0n) is 24.1. The fourth-order valence-corrected chi connectivity index (χ4v) is 5.98. The Morgan fingerprint density at radius 2 is 2.07 bits per heavy atom. The van der Waals surface area contributed by atoms with Crippen LogP contribution in [0.25, 0.3) is 16.6 Å². The van der Waals surface area contributed by atoms with Gasteiger partial charge in [0.15, 0.2) is 0 Å². The quantitative estimate of drug-likeness (QED) is 0.209. The van der Waals surface area contributed by atoms with E-state index in [0.29, 0.717) is 33.4 Å². The van der Waals surface area contributed by atoms with Crippen LogP contribution in [0.4, 0.5) is 11.6 Å². The number of rotatable bonds is 6. The third-order valence-corrected chi connectivity index (χ3v) is 8.79. The van der Waals surface area contributed by atoms with Crippen LogP contribution in [-0.2, 0) is 0 Å². The molecular weight excluding hydrogens is 546 g/mol. The van der Waals surface area contributed by atoms with Crippen molar-refractivity contribution in [2.45, 2.75) is 39.5 Å². The summed E-state index contributed by atoms with van der Waals surface area (Å²) in [6.07, 6.45) is 15.3. The number of ketones is 1. The minimum atomic E-state index is -0.354. The highest BCUT2D eigenvalue weighted by atomic mass is 35.5. The molecule has 1 atom stereocenters. The van der Waals surface area contributed by atoms with Gasteiger partial charge in [0.25, 0.3) is 0 Å². The van der Waals surface area contributed by atoms with E-state index in [1.165, 1.54) is 11.1 Å². The first kappa shape index (κ1) is 28.0. The number of nitrogens with zero attached hydrogens (tertiary/aromatic N) is 4. The number of H-pyrrole nitrogens is 1. The predicted molar refractivity (Wildman–Crippen MR) is 171 cm³/mol. The Bertz CT molecular complexity index is 1760. The van der Waals surface area contributed by atoms with E-state index in [0.717, 1.165) is 55.5 Å². The highest BCUT2D eigenvalue weighted by Gasteiger charge is 2.34. The number of halogens is 1. The van der Waals surface area contributed by atoms with Crippen molar-refractivity contribution in [1.82, 2.24) is 19.9 Å². The van der Waals surface area contributed by atoms with Crippen LogP contribution in [0.5, 0.6) is 0 Å². The minimum absolute atomic E-state index is 0.00531. The first-order valence-corrected chi connectivity index (χ1v) is 14.6. The number of hydrogen-bond donors (Lipinski definition) is 3. The summed E-state index contributed by atoms with van der Waals surface area (Å²) in [5, 5.41) is 13.2. The lowest BCUT2D eigenvalue weighted by Gasteiger charge is -2.33. The predicted octanol–water partition coefficient (Wildman–Crippen LogP) is 7.31. The summed E-state index contributed by atoms with van der Waals surface area (Å²) in [6.45, 7) is 6.41. The van der Waals surface area contributed by atoms with E-state index in [2.05, 4.69) is 63.2 Å². The average Bonchev–Trinajstić information content (AvgIpc) is 3.20. The highest BCUT2D eigenvalue weighted by Crippen LogP contribution is 2.43. The normalized spacial score (nSPS) is 21.0. The monoisotopic (exact) mass is 579 g/mol. The van der Waals surface area contributed by atoms with Gasteiger partial charge in [0.2, 0.25) is 11.7 Å². The second-order valence-electron chi connectivity index (χ2n) is 11.7. The fraction of sp³-hybridized carbons (Fsp3) is 0.303. The zero-order chi connectivity index (χ0) is 29.4. The highest BCUT2D eigenvalue weighted by molar-refractivity contribution is 6.51. The van der Waals surface area contributed by atoms with Crippen LogP contribution >= 0.6 is 11.6 Å². The number of nitrogens with one attached hydrogen (secondary N) is 3. The van der Waals surface area contributed by atoms with E-state index < -0.39 is 0 Å². The summed E-state index contributed by atoms with van der Waals surface area (Å²) in [5.74, 6) is 0.0581. The zero-order valence-corrected chi connectivity index (χ0v) is 24.8. The molecular formula is C33H34ClN7O. The molecule has 3 N–H and O–H groups in total. The Morgan fingerprint density at radius 1 is 1.21 bits per heavy atom. The molecule has 0 radical (unpaired) electrons. The lowest BCUT2D eigenvalue weighted by atomic mass is 9.71. The Hall–Kier alpha value is -4.14. The molecule has 2 aromatic heterocycles. The molecule has 0 amide bonds. The third kappa shape index (κ3) is 5.65. The largest absolute Gasteiger partial charge is 0.351 e. The number of benzene rings is 1. The molecule has 8 nitrogen and oxygen atoms in total. The van der Waals surface area contributed by atoms with Gasteiger partial charge in [-0.1, -0.05) is 47.9 Å². The Kier molecular flexibility index (Phi) is 7.51. The molecule has 1 fully saturated rings.